The van der Waals surface area contributed by atoms with E-state index in [-0.39, 0.29) is 12.0 Å². The van der Waals surface area contributed by atoms with Gasteiger partial charge in [-0.05, 0) is 31.9 Å². The number of hydrogen-bond donors (Lipinski definition) is 1. The fraction of sp³-hybridized carbons (Fsp3) is 0.556. The summed E-state index contributed by atoms with van der Waals surface area (Å²) in [6, 6.07) is 5.98. The van der Waals surface area contributed by atoms with Crippen molar-refractivity contribution in [2.75, 3.05) is 44.6 Å². The van der Waals surface area contributed by atoms with Crippen LogP contribution in [0.2, 0.25) is 0 Å². The van der Waals surface area contributed by atoms with Crippen molar-refractivity contribution in [3.63, 3.8) is 0 Å². The van der Waals surface area contributed by atoms with Crippen LogP contribution in [0.15, 0.2) is 18.2 Å². The minimum absolute atomic E-state index is 0.0280. The van der Waals surface area contributed by atoms with Crippen molar-refractivity contribution < 1.29 is 14.3 Å². The molecule has 0 aliphatic carbocycles. The van der Waals surface area contributed by atoms with Gasteiger partial charge >= 0.3 is 6.09 Å². The topological polar surface area (TPSA) is 61.9 Å². The Balaban J connectivity index is 1.74. The molecule has 1 aromatic rings. The monoisotopic (exact) mass is 333 g/mol. The Bertz CT molecular complexity index is 561. The molecule has 1 N–H and O–H groups in total. The molecule has 0 spiro atoms. The van der Waals surface area contributed by atoms with Crippen molar-refractivity contribution in [2.45, 2.75) is 27.2 Å². The molecule has 1 aromatic carbocycles. The Morgan fingerprint density at radius 3 is 2.33 bits per heavy atom. The minimum atomic E-state index is -0.245. The first-order valence-electron chi connectivity index (χ1n) is 8.51. The molecular weight excluding hydrogens is 306 g/mol. The highest BCUT2D eigenvalue weighted by molar-refractivity contribution is 5.92. The van der Waals surface area contributed by atoms with Crippen LogP contribution in [0.25, 0.3) is 0 Å². The van der Waals surface area contributed by atoms with Crippen LogP contribution in [0.1, 0.15) is 24.5 Å². The Hall–Kier alpha value is -2.08. The second-order valence-corrected chi connectivity index (χ2v) is 6.09. The molecule has 6 heteroatoms. The molecule has 24 heavy (non-hydrogen) atoms. The highest BCUT2D eigenvalue weighted by Gasteiger charge is 2.22. The molecule has 132 valence electrons. The molecule has 0 bridgehead atoms. The molecule has 1 heterocycles. The summed E-state index contributed by atoms with van der Waals surface area (Å²) in [6.07, 6.45) is 0.206. The van der Waals surface area contributed by atoms with Crippen LogP contribution in [0.3, 0.4) is 0 Å². The first kappa shape index (κ1) is 18.3. The second-order valence-electron chi connectivity index (χ2n) is 6.09. The molecule has 1 aliphatic heterocycles. The van der Waals surface area contributed by atoms with Crippen molar-refractivity contribution in [1.82, 2.24) is 9.80 Å². The zero-order valence-corrected chi connectivity index (χ0v) is 14.8. The molecule has 6 nitrogen and oxygen atoms in total. The van der Waals surface area contributed by atoms with E-state index in [0.717, 1.165) is 29.9 Å². The van der Waals surface area contributed by atoms with Crippen LogP contribution in [-0.2, 0) is 9.53 Å². The summed E-state index contributed by atoms with van der Waals surface area (Å²) < 4.78 is 5.01. The maximum Gasteiger partial charge on any atom is 0.409 e. The number of nitrogens with zero attached hydrogens (tertiary/aromatic N) is 2. The van der Waals surface area contributed by atoms with Gasteiger partial charge in [0.25, 0.3) is 0 Å². The van der Waals surface area contributed by atoms with E-state index in [9.17, 15) is 9.59 Å². The van der Waals surface area contributed by atoms with E-state index >= 15 is 0 Å². The SMILES string of the molecule is CCOC(=O)N1CCN(CCC(=O)Nc2c(C)cccc2C)CC1. The number of benzene rings is 1. The van der Waals surface area contributed by atoms with Gasteiger partial charge in [-0.2, -0.15) is 0 Å². The van der Waals surface area contributed by atoms with Crippen LogP contribution < -0.4 is 5.32 Å². The Kier molecular flexibility index (Phi) is 6.61. The van der Waals surface area contributed by atoms with Gasteiger partial charge in [-0.1, -0.05) is 18.2 Å². The van der Waals surface area contributed by atoms with Gasteiger partial charge < -0.3 is 15.0 Å². The van der Waals surface area contributed by atoms with Gasteiger partial charge in [0.15, 0.2) is 0 Å². The summed E-state index contributed by atoms with van der Waals surface area (Å²) >= 11 is 0. The van der Waals surface area contributed by atoms with E-state index < -0.39 is 0 Å². The van der Waals surface area contributed by atoms with Gasteiger partial charge in [0.05, 0.1) is 6.61 Å². The lowest BCUT2D eigenvalue weighted by Gasteiger charge is -2.33. The number of anilines is 1. The summed E-state index contributed by atoms with van der Waals surface area (Å²) in [6.45, 7) is 9.75. The van der Waals surface area contributed by atoms with Crippen LogP contribution in [-0.4, -0.2) is 61.1 Å². The molecule has 0 atom stereocenters. The van der Waals surface area contributed by atoms with Gasteiger partial charge in [0.1, 0.15) is 0 Å². The predicted octanol–water partition coefficient (Wildman–Crippen LogP) is 2.41. The van der Waals surface area contributed by atoms with E-state index in [1.165, 1.54) is 0 Å². The number of amides is 2. The minimum Gasteiger partial charge on any atom is -0.450 e. The van der Waals surface area contributed by atoms with Gasteiger partial charge in [0, 0.05) is 44.8 Å². The third-order valence-electron chi connectivity index (χ3n) is 4.30. The largest absolute Gasteiger partial charge is 0.450 e. The number of carbonyl (C=O) groups is 2. The number of ether oxygens (including phenoxy) is 1. The van der Waals surface area contributed by atoms with Crippen LogP contribution >= 0.6 is 0 Å². The summed E-state index contributed by atoms with van der Waals surface area (Å²) in [7, 11) is 0. The highest BCUT2D eigenvalue weighted by Crippen LogP contribution is 2.19. The molecule has 0 saturated carbocycles. The fourth-order valence-electron chi connectivity index (χ4n) is 2.84. The Labute approximate surface area is 143 Å². The second kappa shape index (κ2) is 8.68. The van der Waals surface area contributed by atoms with Gasteiger partial charge in [0.2, 0.25) is 5.91 Å². The van der Waals surface area contributed by atoms with Crippen molar-refractivity contribution in [3.05, 3.63) is 29.3 Å². The smallest absolute Gasteiger partial charge is 0.409 e. The summed E-state index contributed by atoms with van der Waals surface area (Å²) in [5, 5.41) is 3.01. The summed E-state index contributed by atoms with van der Waals surface area (Å²) in [5.41, 5.74) is 3.06. The zero-order valence-electron chi connectivity index (χ0n) is 14.8. The first-order chi connectivity index (χ1) is 11.5. The van der Waals surface area contributed by atoms with E-state index in [4.69, 9.17) is 4.74 Å². The molecule has 0 radical (unpaired) electrons. The average Bonchev–Trinajstić information content (AvgIpc) is 2.57. The van der Waals surface area contributed by atoms with Crippen LogP contribution in [0.4, 0.5) is 10.5 Å². The van der Waals surface area contributed by atoms with E-state index in [1.54, 1.807) is 4.90 Å². The van der Waals surface area contributed by atoms with Crippen molar-refractivity contribution in [1.29, 1.82) is 0 Å². The van der Waals surface area contributed by atoms with E-state index in [2.05, 4.69) is 10.2 Å². The fourth-order valence-corrected chi connectivity index (χ4v) is 2.84. The maximum absolute atomic E-state index is 12.2. The molecule has 0 unspecified atom stereocenters. The average molecular weight is 333 g/mol. The van der Waals surface area contributed by atoms with Gasteiger partial charge in [-0.25, -0.2) is 4.79 Å². The Morgan fingerprint density at radius 1 is 1.12 bits per heavy atom. The summed E-state index contributed by atoms with van der Waals surface area (Å²) in [5.74, 6) is 0.0280. The van der Waals surface area contributed by atoms with Gasteiger partial charge in [-0.15, -0.1) is 0 Å². The number of para-hydroxylation sites is 1. The van der Waals surface area contributed by atoms with Gasteiger partial charge in [-0.3, -0.25) is 9.69 Å². The molecule has 2 amide bonds. The lowest BCUT2D eigenvalue weighted by Crippen LogP contribution is -2.49. The van der Waals surface area contributed by atoms with Crippen molar-refractivity contribution in [2.24, 2.45) is 0 Å². The Morgan fingerprint density at radius 2 is 1.75 bits per heavy atom. The molecule has 1 saturated heterocycles. The number of nitrogens with one attached hydrogen (secondary N) is 1. The normalized spacial score (nSPS) is 15.2. The number of aryl methyl sites for hydroxylation is 2. The zero-order chi connectivity index (χ0) is 17.5. The lowest BCUT2D eigenvalue weighted by atomic mass is 10.1. The first-order valence-corrected chi connectivity index (χ1v) is 8.51. The number of rotatable bonds is 5. The number of piperazine rings is 1. The van der Waals surface area contributed by atoms with E-state index in [0.29, 0.717) is 32.7 Å². The predicted molar refractivity (Wildman–Crippen MR) is 94.2 cm³/mol. The standard InChI is InChI=1S/C18H27N3O3/c1-4-24-18(23)21-12-10-20(11-13-21)9-8-16(22)19-17-14(2)6-5-7-15(17)3/h5-7H,4,8-13H2,1-3H3,(H,19,22). The van der Waals surface area contributed by atoms with Crippen LogP contribution in [0, 0.1) is 13.8 Å². The third kappa shape index (κ3) is 4.96. The number of hydrogen-bond acceptors (Lipinski definition) is 4. The molecule has 1 aliphatic rings. The maximum atomic E-state index is 12.2. The van der Waals surface area contributed by atoms with E-state index in [1.807, 2.05) is 39.0 Å². The highest BCUT2D eigenvalue weighted by atomic mass is 16.6. The quantitative estimate of drug-likeness (QED) is 0.899. The molecular formula is C18H27N3O3. The van der Waals surface area contributed by atoms with Crippen molar-refractivity contribution >= 4 is 17.7 Å². The molecule has 1 fully saturated rings. The lowest BCUT2D eigenvalue weighted by molar-refractivity contribution is -0.116. The molecule has 0 aromatic heterocycles. The van der Waals surface area contributed by atoms with Crippen LogP contribution in [0.5, 0.6) is 0 Å². The third-order valence-corrected chi connectivity index (χ3v) is 4.30. The van der Waals surface area contributed by atoms with Crippen molar-refractivity contribution in [3.8, 4) is 0 Å². The number of carbonyl (C=O) groups excluding carboxylic acids is 2. The molecule has 2 rings (SSSR count). The summed E-state index contributed by atoms with van der Waals surface area (Å²) in [4.78, 5) is 27.8.